The van der Waals surface area contributed by atoms with Gasteiger partial charge in [-0.25, -0.2) is 9.37 Å². The van der Waals surface area contributed by atoms with Gasteiger partial charge in [0.15, 0.2) is 5.89 Å². The lowest BCUT2D eigenvalue weighted by molar-refractivity contribution is 0.455. The predicted molar refractivity (Wildman–Crippen MR) is 41.5 cm³/mol. The fourth-order valence-electron chi connectivity index (χ4n) is 1.44. The van der Waals surface area contributed by atoms with Crippen LogP contribution in [0.5, 0.6) is 0 Å². The summed E-state index contributed by atoms with van der Waals surface area (Å²) < 4.78 is 17.2. The van der Waals surface area contributed by atoms with E-state index in [1.807, 2.05) is 0 Å². The smallest absolute Gasteiger partial charge is 0.198 e. The van der Waals surface area contributed by atoms with Crippen molar-refractivity contribution in [1.29, 1.82) is 0 Å². The lowest BCUT2D eigenvalue weighted by Gasteiger charge is -1.99. The Kier molecular flexibility index (Phi) is 2.08. The van der Waals surface area contributed by atoms with E-state index in [0.717, 1.165) is 19.5 Å². The number of nitrogens with one attached hydrogen (secondary N) is 1. The predicted octanol–water partition coefficient (Wildman–Crippen LogP) is 1.22. The zero-order valence-electron chi connectivity index (χ0n) is 6.72. The van der Waals surface area contributed by atoms with E-state index in [9.17, 15) is 4.39 Å². The van der Waals surface area contributed by atoms with Crippen molar-refractivity contribution in [2.45, 2.75) is 19.0 Å². The Morgan fingerprint density at radius 2 is 2.67 bits per heavy atom. The molecule has 1 unspecified atom stereocenters. The van der Waals surface area contributed by atoms with E-state index in [1.54, 1.807) is 0 Å². The highest BCUT2D eigenvalue weighted by Crippen LogP contribution is 2.21. The Hall–Kier alpha value is -0.900. The molecule has 0 bridgehead atoms. The van der Waals surface area contributed by atoms with Gasteiger partial charge in [-0.1, -0.05) is 0 Å². The fraction of sp³-hybridized carbons (Fsp3) is 0.625. The number of nitrogens with zero attached hydrogens (tertiary/aromatic N) is 1. The maximum atomic E-state index is 12.1. The molecule has 0 aliphatic carbocycles. The number of aromatic nitrogens is 1. The Morgan fingerprint density at radius 3 is 3.25 bits per heavy atom. The van der Waals surface area contributed by atoms with Crippen molar-refractivity contribution < 1.29 is 8.81 Å². The van der Waals surface area contributed by atoms with E-state index in [2.05, 4.69) is 10.3 Å². The molecular weight excluding hydrogens is 159 g/mol. The maximum absolute atomic E-state index is 12.1. The number of halogens is 1. The minimum Gasteiger partial charge on any atom is -0.448 e. The van der Waals surface area contributed by atoms with Crippen LogP contribution < -0.4 is 5.32 Å². The average Bonchev–Trinajstić information content (AvgIpc) is 2.75. The van der Waals surface area contributed by atoms with Crippen molar-refractivity contribution in [3.05, 3.63) is 17.8 Å². The summed E-state index contributed by atoms with van der Waals surface area (Å²) in [6, 6.07) is 0. The normalized spacial score (nSPS) is 23.2. The summed E-state index contributed by atoms with van der Waals surface area (Å²) in [5, 5.41) is 3.20. The lowest BCUT2D eigenvalue weighted by atomic mass is 10.1. The monoisotopic (exact) mass is 170 g/mol. The second-order valence-corrected chi connectivity index (χ2v) is 3.00. The first kappa shape index (κ1) is 7.73. The second-order valence-electron chi connectivity index (χ2n) is 3.00. The average molecular weight is 170 g/mol. The third-order valence-electron chi connectivity index (χ3n) is 2.12. The quantitative estimate of drug-likeness (QED) is 0.725. The molecule has 1 aromatic heterocycles. The molecule has 1 aliphatic rings. The van der Waals surface area contributed by atoms with E-state index >= 15 is 0 Å². The van der Waals surface area contributed by atoms with Crippen LogP contribution in [0.2, 0.25) is 0 Å². The van der Waals surface area contributed by atoms with Crippen LogP contribution in [0.25, 0.3) is 0 Å². The zero-order chi connectivity index (χ0) is 8.39. The molecule has 1 N–H and O–H groups in total. The van der Waals surface area contributed by atoms with E-state index in [0.29, 0.717) is 17.5 Å². The topological polar surface area (TPSA) is 38.1 Å². The highest BCUT2D eigenvalue weighted by atomic mass is 19.1. The summed E-state index contributed by atoms with van der Waals surface area (Å²) in [6.45, 7) is 1.36. The van der Waals surface area contributed by atoms with Gasteiger partial charge in [0, 0.05) is 12.5 Å². The third kappa shape index (κ3) is 1.34. The van der Waals surface area contributed by atoms with E-state index in [-0.39, 0.29) is 0 Å². The number of hydrogen-bond acceptors (Lipinski definition) is 3. The zero-order valence-corrected chi connectivity index (χ0v) is 6.72. The molecule has 0 radical (unpaired) electrons. The van der Waals surface area contributed by atoms with Crippen LogP contribution in [0.3, 0.4) is 0 Å². The van der Waals surface area contributed by atoms with Gasteiger partial charge in [-0.2, -0.15) is 0 Å². The van der Waals surface area contributed by atoms with E-state index in [4.69, 9.17) is 4.42 Å². The number of rotatable bonds is 2. The third-order valence-corrected chi connectivity index (χ3v) is 2.12. The lowest BCUT2D eigenvalue weighted by Crippen LogP contribution is -2.08. The van der Waals surface area contributed by atoms with Crippen molar-refractivity contribution in [1.82, 2.24) is 10.3 Å². The minimum absolute atomic E-state index is 0.338. The van der Waals surface area contributed by atoms with Gasteiger partial charge in [0.25, 0.3) is 0 Å². The van der Waals surface area contributed by atoms with Gasteiger partial charge >= 0.3 is 0 Å². The van der Waals surface area contributed by atoms with Crippen molar-refractivity contribution in [3.8, 4) is 0 Å². The Morgan fingerprint density at radius 1 is 1.75 bits per heavy atom. The molecular formula is C8H11FN2O. The van der Waals surface area contributed by atoms with Crippen LogP contribution in [0.4, 0.5) is 4.39 Å². The van der Waals surface area contributed by atoms with Crippen molar-refractivity contribution in [2.24, 2.45) is 0 Å². The van der Waals surface area contributed by atoms with Gasteiger partial charge in [-0.05, 0) is 13.0 Å². The number of hydrogen-bond donors (Lipinski definition) is 1. The summed E-state index contributed by atoms with van der Waals surface area (Å²) in [5.41, 5.74) is 0.400. The molecule has 4 heteroatoms. The summed E-state index contributed by atoms with van der Waals surface area (Å²) in [6.07, 6.45) is 2.43. The van der Waals surface area contributed by atoms with Crippen LogP contribution in [-0.2, 0) is 6.67 Å². The molecule has 1 fully saturated rings. The van der Waals surface area contributed by atoms with Gasteiger partial charge in [-0.15, -0.1) is 0 Å². The number of alkyl halides is 1. The molecule has 0 saturated carbocycles. The SMILES string of the molecule is FCc1coc(C2CCNC2)n1. The molecule has 2 heterocycles. The Bertz CT molecular complexity index is 255. The van der Waals surface area contributed by atoms with Gasteiger partial charge in [0.1, 0.15) is 18.6 Å². The van der Waals surface area contributed by atoms with Crippen molar-refractivity contribution in [3.63, 3.8) is 0 Å². The van der Waals surface area contributed by atoms with E-state index < -0.39 is 6.67 Å². The van der Waals surface area contributed by atoms with Crippen LogP contribution in [0.1, 0.15) is 23.9 Å². The summed E-state index contributed by atoms with van der Waals surface area (Å²) in [7, 11) is 0. The molecule has 1 atom stereocenters. The summed E-state index contributed by atoms with van der Waals surface area (Å²) in [5.74, 6) is 1.01. The van der Waals surface area contributed by atoms with Crippen LogP contribution in [-0.4, -0.2) is 18.1 Å². The van der Waals surface area contributed by atoms with Crippen LogP contribution >= 0.6 is 0 Å². The summed E-state index contributed by atoms with van der Waals surface area (Å²) in [4.78, 5) is 4.03. The molecule has 12 heavy (non-hydrogen) atoms. The molecule has 3 nitrogen and oxygen atoms in total. The van der Waals surface area contributed by atoms with Crippen molar-refractivity contribution >= 4 is 0 Å². The molecule has 0 spiro atoms. The van der Waals surface area contributed by atoms with Gasteiger partial charge < -0.3 is 9.73 Å². The molecule has 2 rings (SSSR count). The molecule has 0 aromatic carbocycles. The Balaban J connectivity index is 2.11. The summed E-state index contributed by atoms with van der Waals surface area (Å²) >= 11 is 0. The second kappa shape index (κ2) is 3.23. The minimum atomic E-state index is -0.538. The fourth-order valence-corrected chi connectivity index (χ4v) is 1.44. The molecule has 1 aromatic rings. The van der Waals surface area contributed by atoms with Gasteiger partial charge in [-0.3, -0.25) is 0 Å². The van der Waals surface area contributed by atoms with Gasteiger partial charge in [0.05, 0.1) is 0 Å². The molecule has 0 amide bonds. The van der Waals surface area contributed by atoms with E-state index in [1.165, 1.54) is 6.26 Å². The first-order valence-electron chi connectivity index (χ1n) is 4.11. The number of oxazole rings is 1. The Labute approximate surface area is 70.0 Å². The largest absolute Gasteiger partial charge is 0.448 e. The van der Waals surface area contributed by atoms with Crippen LogP contribution in [0, 0.1) is 0 Å². The highest BCUT2D eigenvalue weighted by Gasteiger charge is 2.21. The maximum Gasteiger partial charge on any atom is 0.198 e. The highest BCUT2D eigenvalue weighted by molar-refractivity contribution is 5.02. The molecule has 1 saturated heterocycles. The standard InChI is InChI=1S/C8H11FN2O/c9-3-7-5-12-8(11-7)6-1-2-10-4-6/h5-6,10H,1-4H2. The molecule has 66 valence electrons. The first-order valence-corrected chi connectivity index (χ1v) is 4.11. The molecule has 1 aliphatic heterocycles. The van der Waals surface area contributed by atoms with Crippen LogP contribution in [0.15, 0.2) is 10.7 Å². The van der Waals surface area contributed by atoms with Gasteiger partial charge in [0.2, 0.25) is 0 Å². The first-order chi connectivity index (χ1) is 5.90. The van der Waals surface area contributed by atoms with Crippen molar-refractivity contribution in [2.75, 3.05) is 13.1 Å².